The Morgan fingerprint density at radius 3 is 2.66 bits per heavy atom. The molecule has 2 saturated carbocycles. The predicted octanol–water partition coefficient (Wildman–Crippen LogP) is 2.28. The molecule has 3 N–H and O–H groups in total. The summed E-state index contributed by atoms with van der Waals surface area (Å²) in [6.45, 7) is 0. The molecule has 1 amide bonds. The fourth-order valence-electron chi connectivity index (χ4n) is 5.90. The van der Waals surface area contributed by atoms with E-state index < -0.39 is 18.1 Å². The number of fused-ring (bicyclic) bond motifs is 1. The molecule has 176 valence electrons. The van der Waals surface area contributed by atoms with Gasteiger partial charge in [-0.05, 0) is 38.0 Å². The quantitative estimate of drug-likeness (QED) is 0.430. The van der Waals surface area contributed by atoms with Crippen molar-refractivity contribution in [2.24, 2.45) is 13.0 Å². The van der Waals surface area contributed by atoms with Crippen LogP contribution in [-0.2, 0) is 16.6 Å². The highest BCUT2D eigenvalue weighted by atomic mass is 16.6. The lowest BCUT2D eigenvalue weighted by Crippen LogP contribution is -2.45. The minimum absolute atomic E-state index is 0.151. The summed E-state index contributed by atoms with van der Waals surface area (Å²) in [5.74, 6) is 0.0216. The number of carbonyl (C=O) groups excluding carboxylic acids is 1. The van der Waals surface area contributed by atoms with Gasteiger partial charge < -0.3 is 20.3 Å². The molecule has 4 rings (SSSR count). The number of nitrogens with one attached hydrogen (secondary N) is 2. The summed E-state index contributed by atoms with van der Waals surface area (Å²) in [4.78, 5) is 39.9. The molecular weight excluding hydrogens is 414 g/mol. The number of carbonyl (C=O) groups is 2. The molecule has 32 heavy (non-hydrogen) atoms. The zero-order valence-electron chi connectivity index (χ0n) is 18.5. The van der Waals surface area contributed by atoms with Crippen LogP contribution < -0.4 is 10.6 Å². The average Bonchev–Trinajstić information content (AvgIpc) is 3.36. The van der Waals surface area contributed by atoms with Gasteiger partial charge in [0, 0.05) is 48.7 Å². The van der Waals surface area contributed by atoms with E-state index in [4.69, 9.17) is 0 Å². The Kier molecular flexibility index (Phi) is 6.78. The van der Waals surface area contributed by atoms with Crippen LogP contribution in [0.3, 0.4) is 0 Å². The van der Waals surface area contributed by atoms with Gasteiger partial charge in [0.2, 0.25) is 11.9 Å². The second kappa shape index (κ2) is 9.56. The van der Waals surface area contributed by atoms with Crippen LogP contribution in [0.25, 0.3) is 0 Å². The third kappa shape index (κ3) is 4.79. The zero-order valence-corrected chi connectivity index (χ0v) is 18.5. The van der Waals surface area contributed by atoms with Gasteiger partial charge in [-0.25, -0.2) is 4.98 Å². The van der Waals surface area contributed by atoms with E-state index in [-0.39, 0.29) is 29.2 Å². The van der Waals surface area contributed by atoms with Gasteiger partial charge in [0.25, 0.3) is 0 Å². The minimum atomic E-state index is -1.00. The van der Waals surface area contributed by atoms with E-state index in [1.54, 1.807) is 6.20 Å². The van der Waals surface area contributed by atoms with E-state index in [1.165, 1.54) is 12.8 Å². The maximum Gasteiger partial charge on any atom is 0.305 e. The van der Waals surface area contributed by atoms with Crippen molar-refractivity contribution < 1.29 is 19.6 Å². The highest BCUT2D eigenvalue weighted by molar-refractivity contribution is 5.83. The average molecular weight is 448 g/mol. The highest BCUT2D eigenvalue weighted by Gasteiger charge is 2.39. The van der Waals surface area contributed by atoms with Crippen LogP contribution in [0.5, 0.6) is 0 Å². The van der Waals surface area contributed by atoms with Crippen LogP contribution in [0.4, 0.5) is 0 Å². The molecule has 2 heterocycles. The third-order valence-electron chi connectivity index (χ3n) is 7.66. The maximum absolute atomic E-state index is 13.0. The molecule has 4 atom stereocenters. The van der Waals surface area contributed by atoms with Gasteiger partial charge in [0.1, 0.15) is 5.82 Å². The van der Waals surface area contributed by atoms with E-state index in [0.29, 0.717) is 43.5 Å². The van der Waals surface area contributed by atoms with Gasteiger partial charge in [-0.1, -0.05) is 12.8 Å². The molecule has 1 aliphatic heterocycles. The molecule has 3 aliphatic rings. The second-order valence-electron chi connectivity index (χ2n) is 9.66. The van der Waals surface area contributed by atoms with Crippen LogP contribution in [0.15, 0.2) is 6.20 Å². The number of nitro groups is 1. The molecule has 0 aromatic carbocycles. The number of aromatic nitrogens is 2. The second-order valence-corrected chi connectivity index (χ2v) is 9.66. The molecule has 10 nitrogen and oxygen atoms in total. The van der Waals surface area contributed by atoms with Crippen molar-refractivity contribution in [1.82, 2.24) is 20.2 Å². The minimum Gasteiger partial charge on any atom is -0.481 e. The van der Waals surface area contributed by atoms with Gasteiger partial charge in [-0.3, -0.25) is 19.7 Å². The Hall–Kier alpha value is -2.49. The van der Waals surface area contributed by atoms with Crippen LogP contribution >= 0.6 is 0 Å². The number of imidazole rings is 1. The van der Waals surface area contributed by atoms with Gasteiger partial charge in [0.05, 0.1) is 18.5 Å². The zero-order chi connectivity index (χ0) is 22.8. The number of hydrogen-bond acceptors (Lipinski definition) is 6. The SMILES string of the molecule is Cn1c(C2CCC([N+](=O)[O-])CC2)cnc1[C@H](CC(=O)O)NC(=O)C1CC2CCCCC2N1. The first-order valence-electron chi connectivity index (χ1n) is 11.8. The van der Waals surface area contributed by atoms with Crippen molar-refractivity contribution in [2.45, 2.75) is 94.3 Å². The number of carboxylic acid groups (broad SMARTS) is 1. The maximum atomic E-state index is 13.0. The largest absolute Gasteiger partial charge is 0.481 e. The van der Waals surface area contributed by atoms with E-state index in [9.17, 15) is 24.8 Å². The first-order valence-corrected chi connectivity index (χ1v) is 11.8. The van der Waals surface area contributed by atoms with Crippen molar-refractivity contribution >= 4 is 11.9 Å². The lowest BCUT2D eigenvalue weighted by atomic mass is 9.84. The van der Waals surface area contributed by atoms with Gasteiger partial charge in [0.15, 0.2) is 0 Å². The lowest BCUT2D eigenvalue weighted by molar-refractivity contribution is -0.526. The molecule has 10 heteroatoms. The number of carboxylic acids is 1. The standard InChI is InChI=1S/C22H33N5O5/c1-26-19(13-6-8-15(9-7-13)27(31)32)12-23-21(26)17(11-20(28)29)25-22(30)18-10-14-4-2-3-5-16(14)24-18/h12-18,24H,2-11H2,1H3,(H,25,30)(H,28,29)/t13?,14?,15?,16?,17-,18?/m0/s1. The Morgan fingerprint density at radius 1 is 1.28 bits per heavy atom. The topological polar surface area (TPSA) is 139 Å². The van der Waals surface area contributed by atoms with Crippen molar-refractivity contribution in [3.63, 3.8) is 0 Å². The number of aliphatic carboxylic acids is 1. The summed E-state index contributed by atoms with van der Waals surface area (Å²) in [5.41, 5.74) is 0.941. The highest BCUT2D eigenvalue weighted by Crippen LogP contribution is 2.35. The summed E-state index contributed by atoms with van der Waals surface area (Å²) in [5, 5.41) is 26.9. The number of nitrogens with zero attached hydrogens (tertiary/aromatic N) is 3. The molecule has 2 aliphatic carbocycles. The Labute approximate surface area is 187 Å². The summed E-state index contributed by atoms with van der Waals surface area (Å²) >= 11 is 0. The van der Waals surface area contributed by atoms with E-state index in [1.807, 2.05) is 11.6 Å². The van der Waals surface area contributed by atoms with Crippen molar-refractivity contribution in [3.05, 3.63) is 27.8 Å². The van der Waals surface area contributed by atoms with Crippen molar-refractivity contribution in [1.29, 1.82) is 0 Å². The Bertz CT molecular complexity index is 849. The molecule has 0 radical (unpaired) electrons. The molecular formula is C22H33N5O5. The molecule has 3 fully saturated rings. The van der Waals surface area contributed by atoms with E-state index >= 15 is 0 Å². The Morgan fingerprint density at radius 2 is 2.00 bits per heavy atom. The van der Waals surface area contributed by atoms with Crippen LogP contribution in [0, 0.1) is 16.0 Å². The summed E-state index contributed by atoms with van der Waals surface area (Å²) < 4.78 is 1.87. The molecule has 0 spiro atoms. The number of amides is 1. The van der Waals surface area contributed by atoms with E-state index in [0.717, 1.165) is 25.0 Å². The fourth-order valence-corrected chi connectivity index (χ4v) is 5.90. The smallest absolute Gasteiger partial charge is 0.305 e. The lowest BCUT2D eigenvalue weighted by Gasteiger charge is -2.25. The first kappa shape index (κ1) is 22.7. The fraction of sp³-hybridized carbons (Fsp3) is 0.773. The molecule has 3 unspecified atom stereocenters. The summed E-state index contributed by atoms with van der Waals surface area (Å²) in [6.07, 6.45) is 9.37. The van der Waals surface area contributed by atoms with Crippen LogP contribution in [-0.4, -0.2) is 49.6 Å². The number of rotatable bonds is 7. The van der Waals surface area contributed by atoms with Gasteiger partial charge in [-0.2, -0.15) is 0 Å². The monoisotopic (exact) mass is 447 g/mol. The molecule has 1 saturated heterocycles. The first-order chi connectivity index (χ1) is 15.3. The van der Waals surface area contributed by atoms with Crippen LogP contribution in [0.1, 0.15) is 87.7 Å². The van der Waals surface area contributed by atoms with E-state index in [2.05, 4.69) is 15.6 Å². The Balaban J connectivity index is 1.45. The van der Waals surface area contributed by atoms with Crippen LogP contribution in [0.2, 0.25) is 0 Å². The normalized spacial score (nSPS) is 31.0. The predicted molar refractivity (Wildman–Crippen MR) is 116 cm³/mol. The van der Waals surface area contributed by atoms with Crippen molar-refractivity contribution in [3.8, 4) is 0 Å². The number of hydrogen-bond donors (Lipinski definition) is 3. The van der Waals surface area contributed by atoms with Gasteiger partial charge in [-0.15, -0.1) is 0 Å². The summed E-state index contributed by atoms with van der Waals surface area (Å²) in [7, 11) is 1.83. The third-order valence-corrected chi connectivity index (χ3v) is 7.66. The molecule has 1 aromatic rings. The molecule has 0 bridgehead atoms. The molecule has 1 aromatic heterocycles. The van der Waals surface area contributed by atoms with Gasteiger partial charge >= 0.3 is 5.97 Å². The summed E-state index contributed by atoms with van der Waals surface area (Å²) in [6, 6.07) is -1.12. The van der Waals surface area contributed by atoms with Crippen molar-refractivity contribution in [2.75, 3.05) is 0 Å².